The lowest BCUT2D eigenvalue weighted by Gasteiger charge is -2.32. The first-order chi connectivity index (χ1) is 11.0. The van der Waals surface area contributed by atoms with Crippen molar-refractivity contribution >= 4 is 5.91 Å². The van der Waals surface area contributed by atoms with Gasteiger partial charge in [-0.2, -0.15) is 0 Å². The van der Waals surface area contributed by atoms with Gasteiger partial charge in [0, 0.05) is 48.6 Å². The number of amides is 1. The van der Waals surface area contributed by atoms with Gasteiger partial charge in [-0.15, -0.1) is 0 Å². The number of likely N-dealkylation sites (tertiary alicyclic amines) is 1. The Morgan fingerprint density at radius 1 is 1.00 bits per heavy atom. The Morgan fingerprint density at radius 3 is 2.09 bits per heavy atom. The number of piperidine rings is 1. The number of hydrogen-bond donors (Lipinski definition) is 0. The summed E-state index contributed by atoms with van der Waals surface area (Å²) in [6, 6.07) is 11.3. The van der Waals surface area contributed by atoms with Crippen LogP contribution in [0, 0.1) is 5.41 Å². The molecule has 1 aliphatic heterocycles. The molecule has 0 bridgehead atoms. The normalized spacial score (nSPS) is 21.4. The van der Waals surface area contributed by atoms with E-state index in [0.717, 1.165) is 5.69 Å². The molecule has 2 fully saturated rings. The molecule has 2 heterocycles. The summed E-state index contributed by atoms with van der Waals surface area (Å²) in [4.78, 5) is 14.2. The fourth-order valence-electron chi connectivity index (χ4n) is 3.53. The molecule has 2 aliphatic rings. The van der Waals surface area contributed by atoms with Gasteiger partial charge in [0.15, 0.2) is 0 Å². The summed E-state index contributed by atoms with van der Waals surface area (Å²) in [6.45, 7) is 0.849. The minimum atomic E-state index is -2.51. The number of alkyl halides is 2. The highest BCUT2D eigenvalue weighted by Gasteiger charge is 2.70. The molecule has 1 aliphatic carbocycles. The lowest BCUT2D eigenvalue weighted by atomic mass is 9.92. The monoisotopic (exact) mass is 316 g/mol. The fraction of sp³-hybridized carbons (Fsp3) is 0.389. The Bertz CT molecular complexity index is 714. The highest BCUT2D eigenvalue weighted by Crippen LogP contribution is 2.65. The number of nitrogens with zero attached hydrogens (tertiary/aromatic N) is 2. The van der Waals surface area contributed by atoms with Gasteiger partial charge in [-0.1, -0.05) is 0 Å². The number of halogens is 2. The zero-order valence-electron chi connectivity index (χ0n) is 12.7. The zero-order valence-corrected chi connectivity index (χ0v) is 12.7. The number of hydrogen-bond acceptors (Lipinski definition) is 1. The molecule has 1 saturated heterocycles. The van der Waals surface area contributed by atoms with Gasteiger partial charge >= 0.3 is 0 Å². The van der Waals surface area contributed by atoms with Crippen molar-refractivity contribution < 1.29 is 13.6 Å². The Morgan fingerprint density at radius 2 is 1.57 bits per heavy atom. The maximum absolute atomic E-state index is 13.4. The van der Waals surface area contributed by atoms with Crippen molar-refractivity contribution in [3.8, 4) is 5.69 Å². The Labute approximate surface area is 133 Å². The van der Waals surface area contributed by atoms with Crippen molar-refractivity contribution in [1.29, 1.82) is 0 Å². The van der Waals surface area contributed by atoms with Gasteiger partial charge in [-0.05, 0) is 49.2 Å². The van der Waals surface area contributed by atoms with E-state index in [9.17, 15) is 13.6 Å². The molecule has 2 aromatic rings. The first kappa shape index (κ1) is 14.4. The van der Waals surface area contributed by atoms with E-state index in [4.69, 9.17) is 0 Å². The molecule has 23 heavy (non-hydrogen) atoms. The SMILES string of the molecule is O=C(c1ccc(-n2cccc2)cc1)N1CCC2(CC1)CC2(F)F. The molecular weight excluding hydrogens is 298 g/mol. The molecule has 1 amide bonds. The van der Waals surface area contributed by atoms with Crippen molar-refractivity contribution in [3.05, 3.63) is 54.4 Å². The highest BCUT2D eigenvalue weighted by molar-refractivity contribution is 5.94. The van der Waals surface area contributed by atoms with Gasteiger partial charge < -0.3 is 9.47 Å². The number of carbonyl (C=O) groups excluding carboxylic acids is 1. The second kappa shape index (κ2) is 4.91. The van der Waals surface area contributed by atoms with E-state index in [1.54, 1.807) is 17.0 Å². The maximum atomic E-state index is 13.4. The zero-order chi connectivity index (χ0) is 16.1. The number of aromatic nitrogens is 1. The number of benzene rings is 1. The second-order valence-electron chi connectivity index (χ2n) is 6.59. The van der Waals surface area contributed by atoms with Crippen molar-refractivity contribution in [2.45, 2.75) is 25.2 Å². The van der Waals surface area contributed by atoms with E-state index < -0.39 is 11.3 Å². The minimum absolute atomic E-state index is 0.00635. The van der Waals surface area contributed by atoms with Crippen LogP contribution in [-0.4, -0.2) is 34.4 Å². The van der Waals surface area contributed by atoms with E-state index >= 15 is 0 Å². The van der Waals surface area contributed by atoms with E-state index in [2.05, 4.69) is 0 Å². The third kappa shape index (κ3) is 2.35. The van der Waals surface area contributed by atoms with Gasteiger partial charge in [-0.25, -0.2) is 8.78 Å². The summed E-state index contributed by atoms with van der Waals surface area (Å²) in [7, 11) is 0. The van der Waals surface area contributed by atoms with E-state index in [-0.39, 0.29) is 12.3 Å². The van der Waals surface area contributed by atoms with Gasteiger partial charge in [0.2, 0.25) is 0 Å². The molecule has 0 radical (unpaired) electrons. The molecule has 1 aromatic heterocycles. The fourth-order valence-corrected chi connectivity index (χ4v) is 3.53. The number of rotatable bonds is 2. The maximum Gasteiger partial charge on any atom is 0.254 e. The van der Waals surface area contributed by atoms with Crippen LogP contribution in [0.15, 0.2) is 48.8 Å². The van der Waals surface area contributed by atoms with E-state index in [1.807, 2.05) is 41.2 Å². The van der Waals surface area contributed by atoms with Crippen LogP contribution in [0.1, 0.15) is 29.6 Å². The first-order valence-electron chi connectivity index (χ1n) is 7.91. The lowest BCUT2D eigenvalue weighted by molar-refractivity contribution is 0.0284. The van der Waals surface area contributed by atoms with E-state index in [0.29, 0.717) is 31.5 Å². The summed E-state index contributed by atoms with van der Waals surface area (Å²) < 4.78 is 28.8. The van der Waals surface area contributed by atoms with Crippen molar-refractivity contribution in [2.75, 3.05) is 13.1 Å². The van der Waals surface area contributed by atoms with Gasteiger partial charge in [0.25, 0.3) is 11.8 Å². The van der Waals surface area contributed by atoms with Crippen LogP contribution in [0.25, 0.3) is 5.69 Å². The van der Waals surface area contributed by atoms with Crippen LogP contribution in [0.2, 0.25) is 0 Å². The van der Waals surface area contributed by atoms with Crippen LogP contribution in [0.4, 0.5) is 8.78 Å². The molecule has 4 rings (SSSR count). The average molecular weight is 316 g/mol. The standard InChI is InChI=1S/C18H18F2N2O/c19-18(20)13-17(18)7-11-22(12-8-17)16(23)14-3-5-15(6-4-14)21-9-1-2-10-21/h1-6,9-10H,7-8,11-13H2. The summed E-state index contributed by atoms with van der Waals surface area (Å²) in [5.41, 5.74) is 0.781. The highest BCUT2D eigenvalue weighted by atomic mass is 19.3. The molecule has 1 saturated carbocycles. The predicted octanol–water partition coefficient (Wildman–Crippen LogP) is 3.74. The Hall–Kier alpha value is -2.17. The summed E-state index contributed by atoms with van der Waals surface area (Å²) >= 11 is 0. The van der Waals surface area contributed by atoms with E-state index in [1.165, 1.54) is 0 Å². The van der Waals surface area contributed by atoms with Gasteiger partial charge in [0.1, 0.15) is 0 Å². The minimum Gasteiger partial charge on any atom is -0.339 e. The van der Waals surface area contributed by atoms with Crippen LogP contribution in [0.3, 0.4) is 0 Å². The van der Waals surface area contributed by atoms with Crippen molar-refractivity contribution in [3.63, 3.8) is 0 Å². The molecule has 0 atom stereocenters. The summed E-state index contributed by atoms with van der Waals surface area (Å²) in [6.07, 6.45) is 4.70. The molecule has 3 nitrogen and oxygen atoms in total. The van der Waals surface area contributed by atoms with Crippen LogP contribution in [0.5, 0.6) is 0 Å². The van der Waals surface area contributed by atoms with Crippen LogP contribution < -0.4 is 0 Å². The third-order valence-electron chi connectivity index (χ3n) is 5.24. The van der Waals surface area contributed by atoms with Crippen molar-refractivity contribution in [1.82, 2.24) is 9.47 Å². The molecule has 0 unspecified atom stereocenters. The molecule has 0 N–H and O–H groups in total. The molecule has 1 aromatic carbocycles. The topological polar surface area (TPSA) is 25.2 Å². The molecular formula is C18H18F2N2O. The molecule has 120 valence electrons. The van der Waals surface area contributed by atoms with Crippen molar-refractivity contribution in [2.24, 2.45) is 5.41 Å². The van der Waals surface area contributed by atoms with Gasteiger partial charge in [-0.3, -0.25) is 4.79 Å². The molecule has 1 spiro atoms. The lowest BCUT2D eigenvalue weighted by Crippen LogP contribution is -2.40. The second-order valence-corrected chi connectivity index (χ2v) is 6.59. The quantitative estimate of drug-likeness (QED) is 0.828. The van der Waals surface area contributed by atoms with Crippen LogP contribution in [-0.2, 0) is 0 Å². The third-order valence-corrected chi connectivity index (χ3v) is 5.24. The Kier molecular flexibility index (Phi) is 3.08. The van der Waals surface area contributed by atoms with Crippen LogP contribution >= 0.6 is 0 Å². The Balaban J connectivity index is 1.44. The van der Waals surface area contributed by atoms with Gasteiger partial charge in [0.05, 0.1) is 0 Å². The average Bonchev–Trinajstić information content (AvgIpc) is 2.96. The predicted molar refractivity (Wildman–Crippen MR) is 82.9 cm³/mol. The largest absolute Gasteiger partial charge is 0.339 e. The summed E-state index contributed by atoms with van der Waals surface area (Å²) in [5.74, 6) is -2.58. The first-order valence-corrected chi connectivity index (χ1v) is 7.91. The summed E-state index contributed by atoms with van der Waals surface area (Å²) in [5, 5.41) is 0. The molecule has 5 heteroatoms. The number of carbonyl (C=O) groups is 1. The smallest absolute Gasteiger partial charge is 0.254 e.